The first-order valence-corrected chi connectivity index (χ1v) is 6.31. The molecule has 6 heteroatoms. The standard InChI is InChI=1S/C13H15N5O/c19-13-10(14-6-7-15-13)8-11-16-12(18-17-11)9-4-2-1-3-5-9/h1-5,10,14H,6-8H2,(H,15,19)(H,16,17,18). The van der Waals surface area contributed by atoms with Gasteiger partial charge in [-0.05, 0) is 0 Å². The molecule has 6 nitrogen and oxygen atoms in total. The normalized spacial score (nSPS) is 19.2. The van der Waals surface area contributed by atoms with Gasteiger partial charge in [-0.1, -0.05) is 30.3 Å². The number of nitrogens with zero attached hydrogens (tertiary/aromatic N) is 2. The summed E-state index contributed by atoms with van der Waals surface area (Å²) in [6.45, 7) is 1.47. The molecule has 2 heterocycles. The van der Waals surface area contributed by atoms with E-state index in [1.807, 2.05) is 30.3 Å². The fraction of sp³-hybridized carbons (Fsp3) is 0.308. The average molecular weight is 257 g/mol. The third-order valence-corrected chi connectivity index (χ3v) is 3.09. The van der Waals surface area contributed by atoms with Gasteiger partial charge in [0.05, 0.1) is 6.04 Å². The summed E-state index contributed by atoms with van der Waals surface area (Å²) in [5, 5.41) is 13.1. The summed E-state index contributed by atoms with van der Waals surface area (Å²) in [5.41, 5.74) is 0.964. The third-order valence-electron chi connectivity index (χ3n) is 3.09. The molecule has 1 unspecified atom stereocenters. The Morgan fingerprint density at radius 1 is 1.21 bits per heavy atom. The molecule has 0 spiro atoms. The lowest BCUT2D eigenvalue weighted by Gasteiger charge is -2.22. The molecule has 0 radical (unpaired) electrons. The minimum Gasteiger partial charge on any atom is -0.353 e. The number of hydrogen-bond acceptors (Lipinski definition) is 4. The maximum absolute atomic E-state index is 11.6. The van der Waals surface area contributed by atoms with Crippen molar-refractivity contribution in [3.8, 4) is 11.4 Å². The maximum Gasteiger partial charge on any atom is 0.237 e. The molecule has 1 aromatic heterocycles. The van der Waals surface area contributed by atoms with E-state index in [1.165, 1.54) is 0 Å². The molecule has 1 saturated heterocycles. The molecular formula is C13H15N5O. The van der Waals surface area contributed by atoms with E-state index in [2.05, 4.69) is 25.8 Å². The second-order valence-electron chi connectivity index (χ2n) is 4.47. The number of piperazine rings is 1. The number of rotatable bonds is 3. The van der Waals surface area contributed by atoms with E-state index in [4.69, 9.17) is 0 Å². The van der Waals surface area contributed by atoms with Gasteiger partial charge >= 0.3 is 0 Å². The fourth-order valence-corrected chi connectivity index (χ4v) is 2.11. The number of hydrogen-bond donors (Lipinski definition) is 3. The van der Waals surface area contributed by atoms with E-state index in [9.17, 15) is 4.79 Å². The quantitative estimate of drug-likeness (QED) is 0.728. The lowest BCUT2D eigenvalue weighted by molar-refractivity contribution is -0.124. The van der Waals surface area contributed by atoms with Gasteiger partial charge in [0.2, 0.25) is 5.91 Å². The highest BCUT2D eigenvalue weighted by Gasteiger charge is 2.23. The van der Waals surface area contributed by atoms with Crippen LogP contribution >= 0.6 is 0 Å². The van der Waals surface area contributed by atoms with E-state index < -0.39 is 0 Å². The van der Waals surface area contributed by atoms with E-state index in [0.29, 0.717) is 24.6 Å². The number of amides is 1. The highest BCUT2D eigenvalue weighted by atomic mass is 16.2. The van der Waals surface area contributed by atoms with Crippen LogP contribution < -0.4 is 10.6 Å². The third kappa shape index (κ3) is 2.63. The molecule has 2 aromatic rings. The summed E-state index contributed by atoms with van der Waals surface area (Å²) in [7, 11) is 0. The van der Waals surface area contributed by atoms with Crippen LogP contribution in [0, 0.1) is 0 Å². The molecule has 1 aliphatic heterocycles. The summed E-state index contributed by atoms with van der Waals surface area (Å²) in [4.78, 5) is 16.1. The van der Waals surface area contributed by atoms with Gasteiger partial charge in [0.15, 0.2) is 5.82 Å². The first kappa shape index (κ1) is 11.9. The van der Waals surface area contributed by atoms with Crippen molar-refractivity contribution >= 4 is 5.91 Å². The Morgan fingerprint density at radius 2 is 2.05 bits per heavy atom. The SMILES string of the molecule is O=C1NCCNC1Cc1nc(-c2ccccc2)n[nH]1. The second-order valence-corrected chi connectivity index (χ2v) is 4.47. The minimum absolute atomic E-state index is 0.0175. The Balaban J connectivity index is 1.73. The van der Waals surface area contributed by atoms with Crippen LogP contribution in [0.1, 0.15) is 5.82 Å². The molecular weight excluding hydrogens is 242 g/mol. The fourth-order valence-electron chi connectivity index (χ4n) is 2.11. The molecule has 98 valence electrons. The van der Waals surface area contributed by atoms with Crippen molar-refractivity contribution in [3.63, 3.8) is 0 Å². The van der Waals surface area contributed by atoms with Crippen LogP contribution in [0.3, 0.4) is 0 Å². The van der Waals surface area contributed by atoms with Crippen LogP contribution in [0.2, 0.25) is 0 Å². The van der Waals surface area contributed by atoms with E-state index in [1.54, 1.807) is 0 Å². The predicted molar refractivity (Wildman–Crippen MR) is 70.3 cm³/mol. The Kier molecular flexibility index (Phi) is 3.24. The van der Waals surface area contributed by atoms with Crippen LogP contribution in [-0.2, 0) is 11.2 Å². The Bertz CT molecular complexity index is 565. The van der Waals surface area contributed by atoms with Crippen LogP contribution in [0.5, 0.6) is 0 Å². The number of carbonyl (C=O) groups excluding carboxylic acids is 1. The monoisotopic (exact) mass is 257 g/mol. The molecule has 1 amide bonds. The van der Waals surface area contributed by atoms with Crippen molar-refractivity contribution < 1.29 is 4.79 Å². The van der Waals surface area contributed by atoms with Gasteiger partial charge in [-0.3, -0.25) is 9.89 Å². The number of nitrogens with one attached hydrogen (secondary N) is 3. The molecule has 0 aliphatic carbocycles. The minimum atomic E-state index is -0.231. The topological polar surface area (TPSA) is 82.7 Å². The van der Waals surface area contributed by atoms with Crippen LogP contribution in [0.15, 0.2) is 30.3 Å². The molecule has 1 aromatic carbocycles. The van der Waals surface area contributed by atoms with Gasteiger partial charge in [0.1, 0.15) is 5.82 Å². The van der Waals surface area contributed by atoms with Gasteiger partial charge in [-0.15, -0.1) is 0 Å². The summed E-state index contributed by atoms with van der Waals surface area (Å²) < 4.78 is 0. The van der Waals surface area contributed by atoms with Crippen molar-refractivity contribution in [1.82, 2.24) is 25.8 Å². The number of aromatic amines is 1. The van der Waals surface area contributed by atoms with Crippen molar-refractivity contribution in [1.29, 1.82) is 0 Å². The predicted octanol–water partition coefficient (Wildman–Crippen LogP) is 0.102. The molecule has 1 fully saturated rings. The van der Waals surface area contributed by atoms with Gasteiger partial charge in [0.25, 0.3) is 0 Å². The lowest BCUT2D eigenvalue weighted by atomic mass is 10.1. The number of carbonyl (C=O) groups is 1. The van der Waals surface area contributed by atoms with E-state index in [-0.39, 0.29) is 11.9 Å². The zero-order chi connectivity index (χ0) is 13.1. The van der Waals surface area contributed by atoms with E-state index in [0.717, 1.165) is 12.1 Å². The highest BCUT2D eigenvalue weighted by Crippen LogP contribution is 2.13. The molecule has 3 rings (SSSR count). The summed E-state index contributed by atoms with van der Waals surface area (Å²) >= 11 is 0. The maximum atomic E-state index is 11.6. The van der Waals surface area contributed by atoms with E-state index >= 15 is 0 Å². The lowest BCUT2D eigenvalue weighted by Crippen LogP contribution is -2.53. The van der Waals surface area contributed by atoms with Crippen LogP contribution in [0.25, 0.3) is 11.4 Å². The van der Waals surface area contributed by atoms with Crippen LogP contribution in [-0.4, -0.2) is 40.2 Å². The Labute approximate surface area is 110 Å². The first-order valence-electron chi connectivity index (χ1n) is 6.31. The molecule has 0 saturated carbocycles. The van der Waals surface area contributed by atoms with Crippen molar-refractivity contribution in [2.75, 3.05) is 13.1 Å². The van der Waals surface area contributed by atoms with Gasteiger partial charge in [-0.2, -0.15) is 5.10 Å². The zero-order valence-electron chi connectivity index (χ0n) is 10.4. The molecule has 0 bridgehead atoms. The van der Waals surface area contributed by atoms with Gasteiger partial charge in [0, 0.05) is 25.1 Å². The molecule has 1 aliphatic rings. The Hall–Kier alpha value is -2.21. The first-order chi connectivity index (χ1) is 9.33. The summed E-state index contributed by atoms with van der Waals surface area (Å²) in [6, 6.07) is 9.53. The molecule has 1 atom stereocenters. The van der Waals surface area contributed by atoms with Gasteiger partial charge < -0.3 is 10.6 Å². The van der Waals surface area contributed by atoms with Crippen molar-refractivity contribution in [2.24, 2.45) is 0 Å². The molecule has 19 heavy (non-hydrogen) atoms. The van der Waals surface area contributed by atoms with Crippen molar-refractivity contribution in [3.05, 3.63) is 36.2 Å². The number of H-pyrrole nitrogens is 1. The second kappa shape index (κ2) is 5.19. The summed E-state index contributed by atoms with van der Waals surface area (Å²) in [5.74, 6) is 1.39. The smallest absolute Gasteiger partial charge is 0.237 e. The Morgan fingerprint density at radius 3 is 2.84 bits per heavy atom. The molecule has 3 N–H and O–H groups in total. The number of aromatic nitrogens is 3. The zero-order valence-corrected chi connectivity index (χ0v) is 10.4. The van der Waals surface area contributed by atoms with Crippen molar-refractivity contribution in [2.45, 2.75) is 12.5 Å². The largest absolute Gasteiger partial charge is 0.353 e. The average Bonchev–Trinajstić information content (AvgIpc) is 2.91. The van der Waals surface area contributed by atoms with Crippen LogP contribution in [0.4, 0.5) is 0 Å². The van der Waals surface area contributed by atoms with Gasteiger partial charge in [-0.25, -0.2) is 4.98 Å². The number of benzene rings is 1. The summed E-state index contributed by atoms with van der Waals surface area (Å²) in [6.07, 6.45) is 0.520. The highest BCUT2D eigenvalue weighted by molar-refractivity contribution is 5.82.